The number of likely N-dealkylation sites (tertiary alicyclic amines) is 2. The van der Waals surface area contributed by atoms with Gasteiger partial charge in [0.15, 0.2) is 0 Å². The Labute approximate surface area is 185 Å². The second-order valence-corrected chi connectivity index (χ2v) is 9.25. The molecule has 1 N–H and O–H groups in total. The molecule has 5 heteroatoms. The van der Waals surface area contributed by atoms with Crippen LogP contribution in [-0.4, -0.2) is 46.3 Å². The molecule has 2 aliphatic rings. The largest absolute Gasteiger partial charge is 0.325 e. The van der Waals surface area contributed by atoms with Crippen LogP contribution in [0, 0.1) is 13.8 Å². The smallest absolute Gasteiger partial charge is 0.250 e. The van der Waals surface area contributed by atoms with E-state index in [2.05, 4.69) is 34.5 Å². The summed E-state index contributed by atoms with van der Waals surface area (Å²) < 4.78 is 0. The summed E-state index contributed by atoms with van der Waals surface area (Å²) in [4.78, 5) is 30.7. The van der Waals surface area contributed by atoms with Gasteiger partial charge < -0.3 is 10.2 Å². The van der Waals surface area contributed by atoms with Gasteiger partial charge in [0.05, 0.1) is 0 Å². The fraction of sp³-hybridized carbons (Fsp3) is 0.462. The molecule has 164 valence electrons. The first-order valence-corrected chi connectivity index (χ1v) is 11.3. The van der Waals surface area contributed by atoms with E-state index in [1.54, 1.807) is 0 Å². The highest BCUT2D eigenvalue weighted by Gasteiger charge is 2.50. The molecule has 0 saturated carbocycles. The van der Waals surface area contributed by atoms with E-state index in [4.69, 9.17) is 0 Å². The molecule has 2 aromatic carbocycles. The summed E-state index contributed by atoms with van der Waals surface area (Å²) in [5, 5.41) is 3.15. The quantitative estimate of drug-likeness (QED) is 0.787. The lowest BCUT2D eigenvalue weighted by atomic mass is 9.92. The van der Waals surface area contributed by atoms with Gasteiger partial charge in [0.2, 0.25) is 11.8 Å². The topological polar surface area (TPSA) is 52.7 Å². The summed E-state index contributed by atoms with van der Waals surface area (Å²) in [6, 6.07) is 16.6. The number of benzene rings is 2. The number of nitrogens with zero attached hydrogens (tertiary/aromatic N) is 2. The van der Waals surface area contributed by atoms with E-state index in [0.29, 0.717) is 12.8 Å². The van der Waals surface area contributed by atoms with Gasteiger partial charge in [-0.2, -0.15) is 0 Å². The summed E-state index contributed by atoms with van der Waals surface area (Å²) in [5.41, 5.74) is 3.48. The molecule has 4 rings (SSSR count). The van der Waals surface area contributed by atoms with Crippen LogP contribution < -0.4 is 5.32 Å². The van der Waals surface area contributed by atoms with Gasteiger partial charge in [-0.25, -0.2) is 0 Å². The van der Waals surface area contributed by atoms with Gasteiger partial charge in [0.25, 0.3) is 0 Å². The average Bonchev–Trinajstić information content (AvgIpc) is 3.08. The van der Waals surface area contributed by atoms with Gasteiger partial charge in [-0.3, -0.25) is 14.5 Å². The molecule has 1 atom stereocenters. The van der Waals surface area contributed by atoms with Crippen LogP contribution >= 0.6 is 0 Å². The molecule has 2 amide bonds. The number of hydrogen-bond donors (Lipinski definition) is 1. The number of nitrogens with one attached hydrogen (secondary N) is 1. The Morgan fingerprint density at radius 2 is 1.68 bits per heavy atom. The molecule has 5 nitrogen and oxygen atoms in total. The molecule has 1 unspecified atom stereocenters. The third-order valence-corrected chi connectivity index (χ3v) is 7.01. The summed E-state index contributed by atoms with van der Waals surface area (Å²) in [5.74, 6) is 0.0446. The molecule has 0 aromatic heterocycles. The average molecular weight is 420 g/mol. The minimum atomic E-state index is -0.794. The number of hydrogen-bond acceptors (Lipinski definition) is 3. The van der Waals surface area contributed by atoms with E-state index in [1.807, 2.05) is 49.9 Å². The lowest BCUT2D eigenvalue weighted by Crippen LogP contribution is -2.58. The van der Waals surface area contributed by atoms with Crippen molar-refractivity contribution in [1.82, 2.24) is 9.80 Å². The zero-order chi connectivity index (χ0) is 22.0. The van der Waals surface area contributed by atoms with Crippen LogP contribution in [-0.2, 0) is 16.1 Å². The van der Waals surface area contributed by atoms with E-state index < -0.39 is 5.54 Å². The lowest BCUT2D eigenvalue weighted by molar-refractivity contribution is -0.142. The van der Waals surface area contributed by atoms with Crippen molar-refractivity contribution in [3.05, 3.63) is 65.2 Å². The number of carbonyl (C=O) groups excluding carboxylic acids is 2. The van der Waals surface area contributed by atoms with Crippen molar-refractivity contribution in [2.45, 2.75) is 64.6 Å². The molecule has 2 saturated heterocycles. The number of piperidine rings is 1. The van der Waals surface area contributed by atoms with Gasteiger partial charge in [0.1, 0.15) is 5.54 Å². The number of rotatable bonds is 5. The first kappa shape index (κ1) is 21.6. The van der Waals surface area contributed by atoms with E-state index in [-0.39, 0.29) is 17.9 Å². The highest BCUT2D eigenvalue weighted by molar-refractivity contribution is 6.03. The number of amides is 2. The highest BCUT2D eigenvalue weighted by Crippen LogP contribution is 2.36. The summed E-state index contributed by atoms with van der Waals surface area (Å²) in [6.45, 7) is 8.77. The van der Waals surface area contributed by atoms with Crippen LogP contribution in [0.25, 0.3) is 0 Å². The first-order valence-electron chi connectivity index (χ1n) is 11.3. The van der Waals surface area contributed by atoms with Gasteiger partial charge in [0, 0.05) is 37.8 Å². The minimum Gasteiger partial charge on any atom is -0.325 e. The molecular formula is C26H33N3O2. The number of aryl methyl sites for hydroxylation is 2. The molecular weight excluding hydrogens is 386 g/mol. The van der Waals surface area contributed by atoms with Crippen LogP contribution in [0.1, 0.15) is 49.3 Å². The number of carbonyl (C=O) groups is 2. The molecule has 0 bridgehead atoms. The molecule has 0 radical (unpaired) electrons. The third-order valence-electron chi connectivity index (χ3n) is 7.01. The minimum absolute atomic E-state index is 0.0672. The summed E-state index contributed by atoms with van der Waals surface area (Å²) >= 11 is 0. The van der Waals surface area contributed by atoms with Crippen molar-refractivity contribution in [3.63, 3.8) is 0 Å². The second kappa shape index (κ2) is 8.83. The standard InChI is InChI=1S/C26H33N3O2/c1-19-8-7-9-20(2)24(19)27-25(31)26(3)15-12-23(30)29(26)22-13-16-28(17-14-22)18-21-10-5-4-6-11-21/h4-11,22H,12-18H2,1-3H3,(H,27,31). The SMILES string of the molecule is Cc1cccc(C)c1NC(=O)C1(C)CCC(=O)N1C1CCN(Cc2ccccc2)CC1. The van der Waals surface area contributed by atoms with Crippen LogP contribution in [0.5, 0.6) is 0 Å². The van der Waals surface area contributed by atoms with Crippen LogP contribution in [0.3, 0.4) is 0 Å². The van der Waals surface area contributed by atoms with Crippen LogP contribution in [0.2, 0.25) is 0 Å². The van der Waals surface area contributed by atoms with Gasteiger partial charge in [-0.05, 0) is 56.7 Å². The Kier molecular flexibility index (Phi) is 6.15. The first-order chi connectivity index (χ1) is 14.9. The van der Waals surface area contributed by atoms with Crippen LogP contribution in [0.4, 0.5) is 5.69 Å². The van der Waals surface area contributed by atoms with Gasteiger partial charge >= 0.3 is 0 Å². The zero-order valence-electron chi connectivity index (χ0n) is 18.9. The normalized spacial score (nSPS) is 22.7. The maximum Gasteiger partial charge on any atom is 0.250 e. The lowest BCUT2D eigenvalue weighted by Gasteiger charge is -2.43. The third kappa shape index (κ3) is 4.38. The number of para-hydroxylation sites is 1. The highest BCUT2D eigenvalue weighted by atomic mass is 16.2. The summed E-state index contributed by atoms with van der Waals surface area (Å²) in [7, 11) is 0. The van der Waals surface area contributed by atoms with Crippen molar-refractivity contribution in [2.75, 3.05) is 18.4 Å². The molecule has 2 aliphatic heterocycles. The predicted octanol–water partition coefficient (Wildman–Crippen LogP) is 4.29. The van der Waals surface area contributed by atoms with E-state index >= 15 is 0 Å². The van der Waals surface area contributed by atoms with E-state index in [0.717, 1.165) is 49.3 Å². The number of anilines is 1. The van der Waals surface area contributed by atoms with Gasteiger partial charge in [-0.1, -0.05) is 48.5 Å². The molecule has 0 spiro atoms. The Bertz CT molecular complexity index is 930. The van der Waals surface area contributed by atoms with Crippen molar-refractivity contribution >= 4 is 17.5 Å². The molecule has 31 heavy (non-hydrogen) atoms. The van der Waals surface area contributed by atoms with Crippen molar-refractivity contribution in [3.8, 4) is 0 Å². The zero-order valence-corrected chi connectivity index (χ0v) is 18.9. The fourth-order valence-electron chi connectivity index (χ4n) is 5.13. The fourth-order valence-corrected chi connectivity index (χ4v) is 5.13. The molecule has 2 heterocycles. The van der Waals surface area contributed by atoms with Crippen molar-refractivity contribution in [1.29, 1.82) is 0 Å². The maximum absolute atomic E-state index is 13.4. The molecule has 2 fully saturated rings. The second-order valence-electron chi connectivity index (χ2n) is 9.25. The predicted molar refractivity (Wildman–Crippen MR) is 124 cm³/mol. The monoisotopic (exact) mass is 419 g/mol. The Morgan fingerprint density at radius 3 is 2.32 bits per heavy atom. The molecule has 0 aliphatic carbocycles. The maximum atomic E-state index is 13.4. The Morgan fingerprint density at radius 1 is 1.03 bits per heavy atom. The van der Waals surface area contributed by atoms with E-state index in [9.17, 15) is 9.59 Å². The van der Waals surface area contributed by atoms with E-state index in [1.165, 1.54) is 5.56 Å². The Hall–Kier alpha value is -2.66. The van der Waals surface area contributed by atoms with Crippen molar-refractivity contribution < 1.29 is 9.59 Å². The Balaban J connectivity index is 1.45. The summed E-state index contributed by atoms with van der Waals surface area (Å²) in [6.07, 6.45) is 2.84. The van der Waals surface area contributed by atoms with Crippen molar-refractivity contribution in [2.24, 2.45) is 0 Å². The van der Waals surface area contributed by atoms with Gasteiger partial charge in [-0.15, -0.1) is 0 Å². The van der Waals surface area contributed by atoms with Crippen LogP contribution in [0.15, 0.2) is 48.5 Å². The molecule has 2 aromatic rings.